The van der Waals surface area contributed by atoms with Crippen LogP contribution in [0.1, 0.15) is 0 Å². The summed E-state index contributed by atoms with van der Waals surface area (Å²) < 4.78 is 11.0. The topological polar surface area (TPSA) is 66.1 Å². The fourth-order valence-electron chi connectivity index (χ4n) is 3.49. The molecule has 0 bridgehead atoms. The summed E-state index contributed by atoms with van der Waals surface area (Å²) >= 11 is 0. The van der Waals surface area contributed by atoms with Crippen molar-refractivity contribution in [2.24, 2.45) is 0 Å². The minimum atomic E-state index is -0.209. The number of hydrogen-bond acceptors (Lipinski definition) is 5. The highest BCUT2D eigenvalue weighted by Crippen LogP contribution is 2.32. The molecule has 2 heterocycles. The van der Waals surface area contributed by atoms with Crippen molar-refractivity contribution in [3.05, 3.63) is 48.5 Å². The summed E-state index contributed by atoms with van der Waals surface area (Å²) in [6, 6.07) is 15.7. The lowest BCUT2D eigenvalue weighted by Gasteiger charge is -2.36. The highest BCUT2D eigenvalue weighted by atomic mass is 16.6. The third kappa shape index (κ3) is 4.67. The second-order valence-electron chi connectivity index (χ2n) is 6.90. The summed E-state index contributed by atoms with van der Waals surface area (Å²) in [5.74, 6) is 1.38. The Labute approximate surface area is 165 Å². The maximum atomic E-state index is 12.1. The molecule has 2 aliphatic rings. The summed E-state index contributed by atoms with van der Waals surface area (Å²) in [5, 5.41) is 5.77. The number of benzene rings is 2. The molecule has 0 aliphatic carbocycles. The number of nitrogens with zero attached hydrogens (tertiary/aromatic N) is 2. The molecule has 1 fully saturated rings. The third-order valence-electron chi connectivity index (χ3n) is 5.01. The molecule has 7 heteroatoms. The number of rotatable bonds is 5. The number of nitrogens with one attached hydrogen (secondary N) is 2. The first-order chi connectivity index (χ1) is 13.8. The van der Waals surface area contributed by atoms with Crippen molar-refractivity contribution in [2.45, 2.75) is 0 Å². The normalized spacial score (nSPS) is 16.5. The van der Waals surface area contributed by atoms with Gasteiger partial charge in [-0.25, -0.2) is 4.79 Å². The first-order valence-electron chi connectivity index (χ1n) is 9.75. The molecule has 28 heavy (non-hydrogen) atoms. The van der Waals surface area contributed by atoms with Gasteiger partial charge >= 0.3 is 6.03 Å². The molecular weight excluding hydrogens is 356 g/mol. The van der Waals surface area contributed by atoms with Crippen molar-refractivity contribution in [3.63, 3.8) is 0 Å². The molecule has 0 spiro atoms. The Kier molecular flexibility index (Phi) is 5.82. The van der Waals surface area contributed by atoms with E-state index in [1.165, 1.54) is 5.69 Å². The van der Waals surface area contributed by atoms with Crippen LogP contribution < -0.4 is 25.0 Å². The first-order valence-corrected chi connectivity index (χ1v) is 9.75. The third-order valence-corrected chi connectivity index (χ3v) is 5.01. The zero-order valence-electron chi connectivity index (χ0n) is 15.9. The zero-order chi connectivity index (χ0) is 19.2. The van der Waals surface area contributed by atoms with Crippen LogP contribution in [0.25, 0.3) is 0 Å². The van der Waals surface area contributed by atoms with Crippen molar-refractivity contribution >= 4 is 17.4 Å². The Bertz CT molecular complexity index is 791. The number of hydrogen-bond donors (Lipinski definition) is 2. The predicted molar refractivity (Wildman–Crippen MR) is 110 cm³/mol. The Morgan fingerprint density at radius 1 is 0.929 bits per heavy atom. The van der Waals surface area contributed by atoms with Gasteiger partial charge in [-0.15, -0.1) is 0 Å². The number of para-hydroxylation sites is 1. The predicted octanol–water partition coefficient (Wildman–Crippen LogP) is 2.40. The fraction of sp³-hybridized carbons (Fsp3) is 0.381. The maximum absolute atomic E-state index is 12.1. The van der Waals surface area contributed by atoms with Crippen LogP contribution >= 0.6 is 0 Å². The molecule has 2 N–H and O–H groups in total. The Hall–Kier alpha value is -2.93. The zero-order valence-corrected chi connectivity index (χ0v) is 15.9. The minimum absolute atomic E-state index is 0.209. The molecule has 2 aliphatic heterocycles. The number of amides is 2. The standard InChI is InChI=1S/C21H26N4O3/c26-21(23-17-6-7-19-20(16-17)28-15-14-27-19)22-8-9-24-10-12-25(13-11-24)18-4-2-1-3-5-18/h1-7,16H,8-15H2,(H2,22,23,26). The fourth-order valence-corrected chi connectivity index (χ4v) is 3.49. The largest absolute Gasteiger partial charge is 0.486 e. The number of anilines is 2. The van der Waals surface area contributed by atoms with E-state index in [0.717, 1.165) is 32.7 Å². The monoisotopic (exact) mass is 382 g/mol. The van der Waals surface area contributed by atoms with Gasteiger partial charge in [-0.1, -0.05) is 18.2 Å². The maximum Gasteiger partial charge on any atom is 0.319 e. The van der Waals surface area contributed by atoms with Crippen molar-refractivity contribution in [1.29, 1.82) is 0 Å². The molecule has 2 aromatic rings. The summed E-state index contributed by atoms with van der Waals surface area (Å²) in [7, 11) is 0. The van der Waals surface area contributed by atoms with Gasteiger partial charge in [0.2, 0.25) is 0 Å². The van der Waals surface area contributed by atoms with Gasteiger partial charge in [0.25, 0.3) is 0 Å². The number of ether oxygens (including phenoxy) is 2. The summed E-state index contributed by atoms with van der Waals surface area (Å²) in [6.07, 6.45) is 0. The minimum Gasteiger partial charge on any atom is -0.486 e. The molecule has 2 aromatic carbocycles. The average Bonchev–Trinajstić information content (AvgIpc) is 2.75. The van der Waals surface area contributed by atoms with Crippen LogP contribution in [0, 0.1) is 0 Å². The second kappa shape index (κ2) is 8.84. The molecular formula is C21H26N4O3. The van der Waals surface area contributed by atoms with Crippen molar-refractivity contribution in [2.75, 3.05) is 62.7 Å². The molecule has 148 valence electrons. The molecule has 0 radical (unpaired) electrons. The lowest BCUT2D eigenvalue weighted by molar-refractivity contribution is 0.171. The van der Waals surface area contributed by atoms with Gasteiger partial charge in [-0.2, -0.15) is 0 Å². The quantitative estimate of drug-likeness (QED) is 0.831. The molecule has 0 atom stereocenters. The SMILES string of the molecule is O=C(NCCN1CCN(c2ccccc2)CC1)Nc1ccc2c(c1)OCCO2. The van der Waals surface area contributed by atoms with E-state index in [0.29, 0.717) is 36.9 Å². The van der Waals surface area contributed by atoms with E-state index < -0.39 is 0 Å². The van der Waals surface area contributed by atoms with Crippen LogP contribution in [0.5, 0.6) is 11.5 Å². The molecule has 2 amide bonds. The Morgan fingerprint density at radius 3 is 2.46 bits per heavy atom. The Morgan fingerprint density at radius 2 is 1.68 bits per heavy atom. The van der Waals surface area contributed by atoms with Crippen molar-refractivity contribution in [1.82, 2.24) is 10.2 Å². The van der Waals surface area contributed by atoms with Gasteiger partial charge in [-0.05, 0) is 24.3 Å². The molecule has 0 saturated carbocycles. The number of carbonyl (C=O) groups excluding carboxylic acids is 1. The molecule has 0 aromatic heterocycles. The molecule has 1 saturated heterocycles. The van der Waals surface area contributed by atoms with Crippen LogP contribution in [-0.2, 0) is 0 Å². The van der Waals surface area contributed by atoms with E-state index in [1.54, 1.807) is 6.07 Å². The number of fused-ring (bicyclic) bond motifs is 1. The summed E-state index contributed by atoms with van der Waals surface area (Å²) in [5.41, 5.74) is 1.97. The van der Waals surface area contributed by atoms with E-state index in [2.05, 4.69) is 44.7 Å². The first kappa shape index (κ1) is 18.4. The smallest absolute Gasteiger partial charge is 0.319 e. The highest BCUT2D eigenvalue weighted by molar-refractivity contribution is 5.89. The van der Waals surface area contributed by atoms with Crippen LogP contribution in [0.4, 0.5) is 16.2 Å². The number of urea groups is 1. The highest BCUT2D eigenvalue weighted by Gasteiger charge is 2.17. The van der Waals surface area contributed by atoms with Gasteiger partial charge in [0, 0.05) is 56.7 Å². The summed E-state index contributed by atoms with van der Waals surface area (Å²) in [4.78, 5) is 16.9. The molecule has 0 unspecified atom stereocenters. The number of piperazine rings is 1. The van der Waals surface area contributed by atoms with Crippen LogP contribution in [0.2, 0.25) is 0 Å². The number of carbonyl (C=O) groups is 1. The molecule has 4 rings (SSSR count). The second-order valence-corrected chi connectivity index (χ2v) is 6.90. The average molecular weight is 382 g/mol. The summed E-state index contributed by atoms with van der Waals surface area (Å²) in [6.45, 7) is 6.56. The van der Waals surface area contributed by atoms with E-state index in [9.17, 15) is 4.79 Å². The van der Waals surface area contributed by atoms with E-state index in [-0.39, 0.29) is 6.03 Å². The van der Waals surface area contributed by atoms with E-state index in [4.69, 9.17) is 9.47 Å². The van der Waals surface area contributed by atoms with Gasteiger partial charge in [-0.3, -0.25) is 4.90 Å². The van der Waals surface area contributed by atoms with E-state index in [1.807, 2.05) is 18.2 Å². The van der Waals surface area contributed by atoms with Crippen LogP contribution in [-0.4, -0.2) is 63.4 Å². The lowest BCUT2D eigenvalue weighted by atomic mass is 10.2. The van der Waals surface area contributed by atoms with Gasteiger partial charge in [0.1, 0.15) is 13.2 Å². The van der Waals surface area contributed by atoms with Crippen LogP contribution in [0.3, 0.4) is 0 Å². The van der Waals surface area contributed by atoms with Gasteiger partial charge in [0.05, 0.1) is 0 Å². The van der Waals surface area contributed by atoms with Crippen molar-refractivity contribution < 1.29 is 14.3 Å². The lowest BCUT2D eigenvalue weighted by Crippen LogP contribution is -2.48. The van der Waals surface area contributed by atoms with Gasteiger partial charge in [0.15, 0.2) is 11.5 Å². The molecule has 7 nitrogen and oxygen atoms in total. The Balaban J connectivity index is 1.17. The van der Waals surface area contributed by atoms with Crippen molar-refractivity contribution in [3.8, 4) is 11.5 Å². The van der Waals surface area contributed by atoms with E-state index >= 15 is 0 Å². The van der Waals surface area contributed by atoms with Gasteiger partial charge < -0.3 is 25.0 Å². The van der Waals surface area contributed by atoms with Crippen LogP contribution in [0.15, 0.2) is 48.5 Å².